The van der Waals surface area contributed by atoms with Gasteiger partial charge in [-0.3, -0.25) is 4.79 Å². The molecule has 0 radical (unpaired) electrons. The zero-order valence-electron chi connectivity index (χ0n) is 10.2. The molecule has 0 heterocycles. The van der Waals surface area contributed by atoms with Gasteiger partial charge in [0.15, 0.2) is 0 Å². The van der Waals surface area contributed by atoms with Crippen molar-refractivity contribution in [3.8, 4) is 0 Å². The topological polar surface area (TPSA) is 44.8 Å². The van der Waals surface area contributed by atoms with E-state index in [1.165, 1.54) is 0 Å². The average Bonchev–Trinajstić information content (AvgIpc) is 2.30. The number of ether oxygens (including phenoxy) is 3. The van der Waals surface area contributed by atoms with Gasteiger partial charge in [0.2, 0.25) is 0 Å². The molecular weight excluding hydrogens is 228 g/mol. The van der Waals surface area contributed by atoms with Crippen LogP contribution in [0, 0.1) is 0 Å². The summed E-state index contributed by atoms with van der Waals surface area (Å²) < 4.78 is 15.1. The van der Waals surface area contributed by atoms with Crippen molar-refractivity contribution in [2.75, 3.05) is 45.0 Å². The Morgan fingerprint density at radius 1 is 1.12 bits per heavy atom. The second-order valence-corrected chi connectivity index (χ2v) is 4.41. The Morgan fingerprint density at radius 3 is 2.62 bits per heavy atom. The summed E-state index contributed by atoms with van der Waals surface area (Å²) in [5.74, 6) is 1.61. The molecule has 0 aromatic heterocycles. The van der Waals surface area contributed by atoms with Crippen molar-refractivity contribution in [3.05, 3.63) is 0 Å². The highest BCUT2D eigenvalue weighted by Gasteiger charge is 2.01. The molecule has 0 rings (SSSR count). The second-order valence-electron chi connectivity index (χ2n) is 3.19. The van der Waals surface area contributed by atoms with Crippen LogP contribution in [0.3, 0.4) is 0 Å². The molecule has 0 spiro atoms. The van der Waals surface area contributed by atoms with Crippen LogP contribution in [0.1, 0.15) is 19.8 Å². The highest BCUT2D eigenvalue weighted by Crippen LogP contribution is 2.03. The Bertz CT molecular complexity index is 164. The predicted molar refractivity (Wildman–Crippen MR) is 65.9 cm³/mol. The van der Waals surface area contributed by atoms with Gasteiger partial charge in [-0.15, -0.1) is 0 Å². The van der Waals surface area contributed by atoms with E-state index in [0.29, 0.717) is 32.8 Å². The third-order valence-corrected chi connectivity index (χ3v) is 2.67. The van der Waals surface area contributed by atoms with Crippen LogP contribution in [0.15, 0.2) is 0 Å². The molecule has 4 nitrogen and oxygen atoms in total. The van der Waals surface area contributed by atoms with Crippen molar-refractivity contribution in [2.45, 2.75) is 19.8 Å². The van der Waals surface area contributed by atoms with Gasteiger partial charge in [-0.05, 0) is 6.42 Å². The van der Waals surface area contributed by atoms with Crippen molar-refractivity contribution in [1.29, 1.82) is 0 Å². The largest absolute Gasteiger partial charge is 0.466 e. The number of carbonyl (C=O) groups excluding carboxylic acids is 1. The molecule has 0 bridgehead atoms. The second kappa shape index (κ2) is 12.8. The van der Waals surface area contributed by atoms with Gasteiger partial charge in [-0.1, -0.05) is 6.92 Å². The van der Waals surface area contributed by atoms with Gasteiger partial charge in [0.25, 0.3) is 0 Å². The van der Waals surface area contributed by atoms with Gasteiger partial charge in [0, 0.05) is 18.6 Å². The van der Waals surface area contributed by atoms with E-state index in [9.17, 15) is 4.79 Å². The molecule has 0 aromatic rings. The van der Waals surface area contributed by atoms with Crippen LogP contribution in [0.4, 0.5) is 0 Å². The monoisotopic (exact) mass is 250 g/mol. The fourth-order valence-corrected chi connectivity index (χ4v) is 1.66. The molecule has 0 aliphatic rings. The molecule has 0 amide bonds. The standard InChI is InChI=1S/C11H22O4S/c1-3-5-15-11(12)4-9-16-10-8-14-7-6-13-2/h3-10H2,1-2H3. The van der Waals surface area contributed by atoms with E-state index in [-0.39, 0.29) is 5.97 Å². The lowest BCUT2D eigenvalue weighted by atomic mass is 10.5. The molecule has 0 fully saturated rings. The minimum absolute atomic E-state index is 0.102. The van der Waals surface area contributed by atoms with Gasteiger partial charge in [0.05, 0.1) is 32.8 Å². The van der Waals surface area contributed by atoms with E-state index in [1.54, 1.807) is 18.9 Å². The lowest BCUT2D eigenvalue weighted by molar-refractivity contribution is -0.143. The third kappa shape index (κ3) is 11.8. The van der Waals surface area contributed by atoms with E-state index >= 15 is 0 Å². The van der Waals surface area contributed by atoms with Crippen molar-refractivity contribution in [2.24, 2.45) is 0 Å². The molecular formula is C11H22O4S. The number of hydrogen-bond acceptors (Lipinski definition) is 5. The average molecular weight is 250 g/mol. The molecule has 0 unspecified atom stereocenters. The number of carbonyl (C=O) groups is 1. The Balaban J connectivity index is 3.05. The van der Waals surface area contributed by atoms with Crippen molar-refractivity contribution in [3.63, 3.8) is 0 Å². The third-order valence-electron chi connectivity index (χ3n) is 1.72. The first-order valence-corrected chi connectivity index (χ1v) is 6.76. The quantitative estimate of drug-likeness (QED) is 0.413. The summed E-state index contributed by atoms with van der Waals surface area (Å²) in [4.78, 5) is 11.1. The first-order chi connectivity index (χ1) is 7.81. The van der Waals surface area contributed by atoms with E-state index < -0.39 is 0 Å². The van der Waals surface area contributed by atoms with E-state index in [0.717, 1.165) is 17.9 Å². The first kappa shape index (κ1) is 15.7. The highest BCUT2D eigenvalue weighted by atomic mass is 32.2. The van der Waals surface area contributed by atoms with Crippen LogP contribution >= 0.6 is 11.8 Å². The Hall–Kier alpha value is -0.260. The summed E-state index contributed by atoms with van der Waals surface area (Å²) in [6.45, 7) is 4.49. The molecule has 0 saturated carbocycles. The zero-order chi connectivity index (χ0) is 12.1. The molecule has 0 atom stereocenters. The normalized spacial score (nSPS) is 10.4. The van der Waals surface area contributed by atoms with Crippen LogP contribution in [0.5, 0.6) is 0 Å². The summed E-state index contributed by atoms with van der Waals surface area (Å²) in [7, 11) is 1.65. The van der Waals surface area contributed by atoms with Crippen LogP contribution in [0.2, 0.25) is 0 Å². The summed E-state index contributed by atoms with van der Waals surface area (Å²) in [5, 5.41) is 0. The SMILES string of the molecule is CCCOC(=O)CCSCCOCCOC. The van der Waals surface area contributed by atoms with E-state index in [1.807, 2.05) is 6.92 Å². The maximum atomic E-state index is 11.1. The molecule has 96 valence electrons. The van der Waals surface area contributed by atoms with E-state index in [2.05, 4.69) is 0 Å². The summed E-state index contributed by atoms with van der Waals surface area (Å²) in [6.07, 6.45) is 1.37. The van der Waals surface area contributed by atoms with Gasteiger partial charge in [-0.25, -0.2) is 0 Å². The number of esters is 1. The molecule has 5 heteroatoms. The first-order valence-electron chi connectivity index (χ1n) is 5.61. The molecule has 0 aliphatic heterocycles. The zero-order valence-corrected chi connectivity index (χ0v) is 11.0. The fourth-order valence-electron chi connectivity index (χ4n) is 0.908. The molecule has 0 N–H and O–H groups in total. The van der Waals surface area contributed by atoms with Gasteiger partial charge >= 0.3 is 5.97 Å². The van der Waals surface area contributed by atoms with Crippen molar-refractivity contribution >= 4 is 17.7 Å². The van der Waals surface area contributed by atoms with Gasteiger partial charge in [-0.2, -0.15) is 11.8 Å². The van der Waals surface area contributed by atoms with Crippen LogP contribution in [-0.4, -0.2) is 51.0 Å². The van der Waals surface area contributed by atoms with Crippen molar-refractivity contribution in [1.82, 2.24) is 0 Å². The molecule has 0 aliphatic carbocycles. The predicted octanol–water partition coefficient (Wildman–Crippen LogP) is 1.73. The molecule has 0 aromatic carbocycles. The van der Waals surface area contributed by atoms with Crippen LogP contribution in [0.25, 0.3) is 0 Å². The Labute approximate surface area is 102 Å². The number of hydrogen-bond donors (Lipinski definition) is 0. The maximum absolute atomic E-state index is 11.1. The molecule has 0 saturated heterocycles. The lowest BCUT2D eigenvalue weighted by Gasteiger charge is -2.04. The fraction of sp³-hybridized carbons (Fsp3) is 0.909. The summed E-state index contributed by atoms with van der Waals surface area (Å²) >= 11 is 1.71. The Morgan fingerprint density at radius 2 is 1.94 bits per heavy atom. The van der Waals surface area contributed by atoms with Crippen molar-refractivity contribution < 1.29 is 19.0 Å². The summed E-state index contributed by atoms with van der Waals surface area (Å²) in [5.41, 5.74) is 0. The lowest BCUT2D eigenvalue weighted by Crippen LogP contribution is -2.07. The molecule has 16 heavy (non-hydrogen) atoms. The minimum atomic E-state index is -0.102. The smallest absolute Gasteiger partial charge is 0.306 e. The van der Waals surface area contributed by atoms with Gasteiger partial charge in [0.1, 0.15) is 0 Å². The highest BCUT2D eigenvalue weighted by molar-refractivity contribution is 7.99. The van der Waals surface area contributed by atoms with Gasteiger partial charge < -0.3 is 14.2 Å². The van der Waals surface area contributed by atoms with Crippen LogP contribution in [-0.2, 0) is 19.0 Å². The van der Waals surface area contributed by atoms with Crippen LogP contribution < -0.4 is 0 Å². The maximum Gasteiger partial charge on any atom is 0.306 e. The number of thioether (sulfide) groups is 1. The Kier molecular flexibility index (Phi) is 12.6. The number of rotatable bonds is 11. The van der Waals surface area contributed by atoms with E-state index in [4.69, 9.17) is 14.2 Å². The number of methoxy groups -OCH3 is 1. The summed E-state index contributed by atoms with van der Waals surface area (Å²) in [6, 6.07) is 0. The minimum Gasteiger partial charge on any atom is -0.466 e.